The van der Waals surface area contributed by atoms with E-state index in [9.17, 15) is 0 Å². The summed E-state index contributed by atoms with van der Waals surface area (Å²) in [5.74, 6) is 2.11. The molecule has 0 spiro atoms. The third kappa shape index (κ3) is 4.45. The van der Waals surface area contributed by atoms with E-state index < -0.39 is 0 Å². The number of nitrogens with zero attached hydrogens (tertiary/aromatic N) is 8. The number of tetrazole rings is 1. The van der Waals surface area contributed by atoms with Gasteiger partial charge in [-0.1, -0.05) is 19.1 Å². The van der Waals surface area contributed by atoms with E-state index in [4.69, 9.17) is 4.74 Å². The van der Waals surface area contributed by atoms with E-state index in [1.807, 2.05) is 37.3 Å². The van der Waals surface area contributed by atoms with Gasteiger partial charge in [0, 0.05) is 23.7 Å². The maximum absolute atomic E-state index is 6.08. The Hall–Kier alpha value is -4.01. The minimum absolute atomic E-state index is 0.118. The molecule has 0 aromatic carbocycles. The standard InChI is InChI=1S/C22H22N8O/c1-4-8-17-15(3)25-21(18-9-6-7-11-23-18)26-22(17)31-14-20-27-28-29-30(20)19-13-16(5-2)10-12-24-19/h4,6-7,9-13H,1,5,8,14H2,2-3H3. The number of aryl methyl sites for hydroxylation is 2. The molecule has 9 heteroatoms. The normalized spacial score (nSPS) is 10.8. The highest BCUT2D eigenvalue weighted by Gasteiger charge is 2.16. The number of pyridine rings is 2. The summed E-state index contributed by atoms with van der Waals surface area (Å²) in [6.45, 7) is 7.95. The molecule has 4 rings (SSSR count). The highest BCUT2D eigenvalue weighted by Crippen LogP contribution is 2.24. The number of hydrogen-bond donors (Lipinski definition) is 0. The van der Waals surface area contributed by atoms with Gasteiger partial charge in [-0.15, -0.1) is 11.7 Å². The molecule has 0 aliphatic heterocycles. The molecule has 4 heterocycles. The van der Waals surface area contributed by atoms with E-state index in [-0.39, 0.29) is 6.61 Å². The van der Waals surface area contributed by atoms with Crippen molar-refractivity contribution in [2.45, 2.75) is 33.3 Å². The molecule has 0 saturated heterocycles. The largest absolute Gasteiger partial charge is 0.469 e. The van der Waals surface area contributed by atoms with Crippen molar-refractivity contribution in [3.63, 3.8) is 0 Å². The fourth-order valence-electron chi connectivity index (χ4n) is 3.08. The van der Waals surface area contributed by atoms with Crippen molar-refractivity contribution >= 4 is 0 Å². The highest BCUT2D eigenvalue weighted by atomic mass is 16.5. The predicted octanol–water partition coefficient (Wildman–Crippen LogP) is 3.09. The van der Waals surface area contributed by atoms with Gasteiger partial charge in [0.1, 0.15) is 5.69 Å². The zero-order chi connectivity index (χ0) is 21.6. The average Bonchev–Trinajstić information content (AvgIpc) is 3.28. The van der Waals surface area contributed by atoms with Crippen LogP contribution in [0.1, 0.15) is 29.6 Å². The molecule has 0 unspecified atom stereocenters. The maximum Gasteiger partial charge on any atom is 0.221 e. The lowest BCUT2D eigenvalue weighted by Crippen LogP contribution is -2.11. The van der Waals surface area contributed by atoms with Gasteiger partial charge in [0.25, 0.3) is 0 Å². The topological polar surface area (TPSA) is 104 Å². The van der Waals surface area contributed by atoms with Gasteiger partial charge in [0.05, 0.1) is 0 Å². The summed E-state index contributed by atoms with van der Waals surface area (Å²) < 4.78 is 7.65. The smallest absolute Gasteiger partial charge is 0.221 e. The first-order valence-corrected chi connectivity index (χ1v) is 9.94. The fraction of sp³-hybridized carbons (Fsp3) is 0.227. The molecule has 0 radical (unpaired) electrons. The second-order valence-electron chi connectivity index (χ2n) is 6.80. The van der Waals surface area contributed by atoms with Crippen LogP contribution in [0.2, 0.25) is 0 Å². The molecular weight excluding hydrogens is 392 g/mol. The summed E-state index contributed by atoms with van der Waals surface area (Å²) in [5, 5.41) is 12.0. The van der Waals surface area contributed by atoms with E-state index in [1.165, 1.54) is 0 Å². The zero-order valence-electron chi connectivity index (χ0n) is 17.4. The Morgan fingerprint density at radius 2 is 2.03 bits per heavy atom. The van der Waals surface area contributed by atoms with Crippen molar-refractivity contribution in [1.82, 2.24) is 40.1 Å². The van der Waals surface area contributed by atoms with Crippen LogP contribution in [0.4, 0.5) is 0 Å². The first-order chi connectivity index (χ1) is 15.2. The van der Waals surface area contributed by atoms with Crippen LogP contribution in [0.3, 0.4) is 0 Å². The number of hydrogen-bond acceptors (Lipinski definition) is 8. The summed E-state index contributed by atoms with van der Waals surface area (Å²) in [7, 11) is 0. The van der Waals surface area contributed by atoms with Crippen LogP contribution in [-0.4, -0.2) is 40.1 Å². The third-order valence-electron chi connectivity index (χ3n) is 4.73. The first kappa shape index (κ1) is 20.3. The van der Waals surface area contributed by atoms with Crippen molar-refractivity contribution < 1.29 is 4.74 Å². The van der Waals surface area contributed by atoms with Crippen LogP contribution >= 0.6 is 0 Å². The second kappa shape index (κ2) is 9.21. The third-order valence-corrected chi connectivity index (χ3v) is 4.73. The number of ether oxygens (including phenoxy) is 1. The Bertz CT molecular complexity index is 1190. The Kier molecular flexibility index (Phi) is 6.02. The van der Waals surface area contributed by atoms with E-state index in [0.717, 1.165) is 23.2 Å². The van der Waals surface area contributed by atoms with E-state index in [1.54, 1.807) is 23.2 Å². The molecule has 4 aromatic rings. The molecule has 4 aromatic heterocycles. The molecule has 0 bridgehead atoms. The van der Waals surface area contributed by atoms with Crippen molar-refractivity contribution in [1.29, 1.82) is 0 Å². The molecule has 0 amide bonds. The van der Waals surface area contributed by atoms with Crippen LogP contribution < -0.4 is 4.74 Å². The van der Waals surface area contributed by atoms with Gasteiger partial charge in [-0.05, 0) is 60.0 Å². The minimum Gasteiger partial charge on any atom is -0.469 e. The summed E-state index contributed by atoms with van der Waals surface area (Å²) in [5.41, 5.74) is 3.49. The number of allylic oxidation sites excluding steroid dienone is 1. The summed E-state index contributed by atoms with van der Waals surface area (Å²) in [4.78, 5) is 17.9. The molecular formula is C22H22N8O. The van der Waals surface area contributed by atoms with Crippen molar-refractivity contribution in [2.75, 3.05) is 0 Å². The van der Waals surface area contributed by atoms with Crippen molar-refractivity contribution in [2.24, 2.45) is 0 Å². The van der Waals surface area contributed by atoms with Gasteiger partial charge in [-0.3, -0.25) is 4.98 Å². The van der Waals surface area contributed by atoms with E-state index in [2.05, 4.69) is 49.0 Å². The van der Waals surface area contributed by atoms with Crippen LogP contribution in [0.5, 0.6) is 5.88 Å². The van der Waals surface area contributed by atoms with Gasteiger partial charge in [-0.2, -0.15) is 9.67 Å². The maximum atomic E-state index is 6.08. The fourth-order valence-corrected chi connectivity index (χ4v) is 3.08. The summed E-state index contributed by atoms with van der Waals surface area (Å²) in [6, 6.07) is 9.52. The molecule has 0 fully saturated rings. The SMILES string of the molecule is C=CCc1c(C)nc(-c2ccccn2)nc1OCc1nnnn1-c1cc(CC)ccn1. The summed E-state index contributed by atoms with van der Waals surface area (Å²) in [6.07, 6.45) is 6.72. The molecule has 0 N–H and O–H groups in total. The van der Waals surface area contributed by atoms with Gasteiger partial charge >= 0.3 is 0 Å². The lowest BCUT2D eigenvalue weighted by atomic mass is 10.1. The second-order valence-corrected chi connectivity index (χ2v) is 6.80. The van der Waals surface area contributed by atoms with Crippen LogP contribution in [0, 0.1) is 6.92 Å². The lowest BCUT2D eigenvalue weighted by molar-refractivity contribution is 0.277. The molecule has 9 nitrogen and oxygen atoms in total. The zero-order valence-corrected chi connectivity index (χ0v) is 17.4. The number of aromatic nitrogens is 8. The molecule has 156 valence electrons. The van der Waals surface area contributed by atoms with Crippen molar-refractivity contribution in [3.05, 3.63) is 78.0 Å². The van der Waals surface area contributed by atoms with Crippen molar-refractivity contribution in [3.8, 4) is 23.2 Å². The lowest BCUT2D eigenvalue weighted by Gasteiger charge is -2.13. The molecule has 0 aliphatic carbocycles. The molecule has 0 saturated carbocycles. The van der Waals surface area contributed by atoms with E-state index in [0.29, 0.717) is 35.5 Å². The predicted molar refractivity (Wildman–Crippen MR) is 115 cm³/mol. The molecule has 0 atom stereocenters. The number of rotatable bonds is 8. The molecule has 0 aliphatic rings. The van der Waals surface area contributed by atoms with Gasteiger partial charge in [0.15, 0.2) is 24.1 Å². The first-order valence-electron chi connectivity index (χ1n) is 9.94. The quantitative estimate of drug-likeness (QED) is 0.405. The van der Waals surface area contributed by atoms with E-state index >= 15 is 0 Å². The Balaban J connectivity index is 1.65. The highest BCUT2D eigenvalue weighted by molar-refractivity contribution is 5.51. The summed E-state index contributed by atoms with van der Waals surface area (Å²) >= 11 is 0. The average molecular weight is 414 g/mol. The van der Waals surface area contributed by atoms with Gasteiger partial charge < -0.3 is 4.74 Å². The van der Waals surface area contributed by atoms with Gasteiger partial charge in [-0.25, -0.2) is 9.97 Å². The molecule has 31 heavy (non-hydrogen) atoms. The van der Waals surface area contributed by atoms with Crippen LogP contribution in [0.15, 0.2) is 55.4 Å². The minimum atomic E-state index is 0.118. The van der Waals surface area contributed by atoms with Gasteiger partial charge in [0.2, 0.25) is 5.88 Å². The Labute approximate surface area is 179 Å². The monoisotopic (exact) mass is 414 g/mol. The Morgan fingerprint density at radius 1 is 1.13 bits per heavy atom. The van der Waals surface area contributed by atoms with Crippen LogP contribution in [-0.2, 0) is 19.4 Å². The van der Waals surface area contributed by atoms with Crippen LogP contribution in [0.25, 0.3) is 17.3 Å². The Morgan fingerprint density at radius 3 is 2.81 bits per heavy atom.